The van der Waals surface area contributed by atoms with E-state index in [0.29, 0.717) is 12.1 Å². The predicted octanol–water partition coefficient (Wildman–Crippen LogP) is 4.53. The maximum Gasteiger partial charge on any atom is 0.0730 e. The van der Waals surface area contributed by atoms with E-state index in [4.69, 9.17) is 4.74 Å². The predicted molar refractivity (Wildman–Crippen MR) is 83.6 cm³/mol. The second-order valence-corrected chi connectivity index (χ2v) is 6.16. The minimum atomic E-state index is 0.458. The molecule has 2 heteroatoms. The molecule has 0 heterocycles. The van der Waals surface area contributed by atoms with E-state index in [2.05, 4.69) is 26.2 Å². The standard InChI is InChI=1S/C17H35NO/c1-4-6-7-8-9-10-13-19-17-14-15(5-2)11-12-16(17)18-3/h15-18H,4-14H2,1-3H3. The normalized spacial score (nSPS) is 27.6. The lowest BCUT2D eigenvalue weighted by atomic mass is 9.82. The van der Waals surface area contributed by atoms with Gasteiger partial charge in [0.25, 0.3) is 0 Å². The number of unbranched alkanes of at least 4 members (excludes halogenated alkanes) is 5. The maximum atomic E-state index is 6.16. The first-order valence-electron chi connectivity index (χ1n) is 8.60. The Morgan fingerprint density at radius 1 is 1.00 bits per heavy atom. The van der Waals surface area contributed by atoms with Crippen LogP contribution < -0.4 is 5.32 Å². The van der Waals surface area contributed by atoms with Crippen LogP contribution in [0, 0.1) is 5.92 Å². The number of hydrogen-bond donors (Lipinski definition) is 1. The fraction of sp³-hybridized carbons (Fsp3) is 1.00. The molecule has 114 valence electrons. The summed E-state index contributed by atoms with van der Waals surface area (Å²) in [5.74, 6) is 0.888. The highest BCUT2D eigenvalue weighted by Gasteiger charge is 2.29. The van der Waals surface area contributed by atoms with Gasteiger partial charge in [-0.15, -0.1) is 0 Å². The van der Waals surface area contributed by atoms with Gasteiger partial charge in [-0.1, -0.05) is 52.4 Å². The Labute approximate surface area is 120 Å². The first-order valence-corrected chi connectivity index (χ1v) is 8.60. The van der Waals surface area contributed by atoms with Gasteiger partial charge in [-0.2, -0.15) is 0 Å². The molecule has 0 spiro atoms. The number of likely N-dealkylation sites (N-methyl/N-ethyl adjacent to an activating group) is 1. The molecule has 3 unspecified atom stereocenters. The van der Waals surface area contributed by atoms with Gasteiger partial charge in [0.05, 0.1) is 6.10 Å². The number of rotatable bonds is 10. The topological polar surface area (TPSA) is 21.3 Å². The Morgan fingerprint density at radius 3 is 2.42 bits per heavy atom. The minimum absolute atomic E-state index is 0.458. The van der Waals surface area contributed by atoms with Crippen molar-refractivity contribution in [3.63, 3.8) is 0 Å². The molecule has 0 radical (unpaired) electrons. The zero-order chi connectivity index (χ0) is 13.9. The maximum absolute atomic E-state index is 6.16. The number of hydrogen-bond acceptors (Lipinski definition) is 2. The van der Waals surface area contributed by atoms with Gasteiger partial charge in [0.1, 0.15) is 0 Å². The van der Waals surface area contributed by atoms with Crippen molar-refractivity contribution < 1.29 is 4.74 Å². The van der Waals surface area contributed by atoms with E-state index >= 15 is 0 Å². The first-order chi connectivity index (χ1) is 9.31. The molecule has 0 aliphatic heterocycles. The second-order valence-electron chi connectivity index (χ2n) is 6.16. The molecule has 2 nitrogen and oxygen atoms in total. The van der Waals surface area contributed by atoms with Crippen molar-refractivity contribution in [1.29, 1.82) is 0 Å². The summed E-state index contributed by atoms with van der Waals surface area (Å²) >= 11 is 0. The van der Waals surface area contributed by atoms with Crippen LogP contribution in [0.2, 0.25) is 0 Å². The molecule has 0 aromatic carbocycles. The van der Waals surface area contributed by atoms with Crippen molar-refractivity contribution in [1.82, 2.24) is 5.32 Å². The molecule has 1 rings (SSSR count). The zero-order valence-electron chi connectivity index (χ0n) is 13.4. The third-order valence-electron chi connectivity index (χ3n) is 4.68. The average molecular weight is 269 g/mol. The van der Waals surface area contributed by atoms with Crippen LogP contribution in [0.5, 0.6) is 0 Å². The van der Waals surface area contributed by atoms with Crippen LogP contribution in [-0.4, -0.2) is 25.8 Å². The van der Waals surface area contributed by atoms with Crippen LogP contribution in [-0.2, 0) is 4.74 Å². The van der Waals surface area contributed by atoms with Crippen molar-refractivity contribution in [2.45, 2.75) is 90.2 Å². The smallest absolute Gasteiger partial charge is 0.0730 e. The summed E-state index contributed by atoms with van der Waals surface area (Å²) in [6.45, 7) is 5.55. The highest BCUT2D eigenvalue weighted by molar-refractivity contribution is 4.84. The molecule has 0 aromatic rings. The van der Waals surface area contributed by atoms with Gasteiger partial charge < -0.3 is 10.1 Å². The van der Waals surface area contributed by atoms with E-state index in [0.717, 1.165) is 12.5 Å². The Balaban J connectivity index is 2.11. The van der Waals surface area contributed by atoms with Crippen molar-refractivity contribution in [3.8, 4) is 0 Å². The molecule has 0 bridgehead atoms. The van der Waals surface area contributed by atoms with Gasteiger partial charge in [-0.25, -0.2) is 0 Å². The van der Waals surface area contributed by atoms with Gasteiger partial charge in [0.2, 0.25) is 0 Å². The summed E-state index contributed by atoms with van der Waals surface area (Å²) in [4.78, 5) is 0. The largest absolute Gasteiger partial charge is 0.377 e. The number of nitrogens with one attached hydrogen (secondary N) is 1. The van der Waals surface area contributed by atoms with Crippen LogP contribution in [0.3, 0.4) is 0 Å². The molecule has 0 amide bonds. The lowest BCUT2D eigenvalue weighted by Gasteiger charge is -2.35. The average Bonchev–Trinajstić information content (AvgIpc) is 2.46. The fourth-order valence-corrected chi connectivity index (χ4v) is 3.21. The highest BCUT2D eigenvalue weighted by Crippen LogP contribution is 2.28. The van der Waals surface area contributed by atoms with Crippen LogP contribution in [0.15, 0.2) is 0 Å². The third-order valence-corrected chi connectivity index (χ3v) is 4.68. The molecule has 0 aromatic heterocycles. The van der Waals surface area contributed by atoms with Gasteiger partial charge in [-0.3, -0.25) is 0 Å². The SMILES string of the molecule is CCCCCCCCOC1CC(CC)CCC1NC. The van der Waals surface area contributed by atoms with Crippen LogP contribution in [0.4, 0.5) is 0 Å². The van der Waals surface area contributed by atoms with Crippen LogP contribution in [0.1, 0.15) is 78.1 Å². The molecule has 3 atom stereocenters. The molecular weight excluding hydrogens is 234 g/mol. The van der Waals surface area contributed by atoms with E-state index < -0.39 is 0 Å². The summed E-state index contributed by atoms with van der Waals surface area (Å²) in [6, 6.07) is 0.586. The van der Waals surface area contributed by atoms with Crippen molar-refractivity contribution in [3.05, 3.63) is 0 Å². The van der Waals surface area contributed by atoms with Gasteiger partial charge >= 0.3 is 0 Å². The second kappa shape index (κ2) is 10.7. The van der Waals surface area contributed by atoms with Crippen molar-refractivity contribution >= 4 is 0 Å². The summed E-state index contributed by atoms with van der Waals surface area (Å²) in [7, 11) is 2.08. The Bertz CT molecular complexity index is 207. The van der Waals surface area contributed by atoms with Crippen molar-refractivity contribution in [2.75, 3.05) is 13.7 Å². The zero-order valence-corrected chi connectivity index (χ0v) is 13.4. The van der Waals surface area contributed by atoms with E-state index in [1.165, 1.54) is 64.2 Å². The molecule has 1 fully saturated rings. The molecular formula is C17H35NO. The fourth-order valence-electron chi connectivity index (χ4n) is 3.21. The van der Waals surface area contributed by atoms with E-state index in [-0.39, 0.29) is 0 Å². The molecule has 1 saturated carbocycles. The summed E-state index contributed by atoms with van der Waals surface area (Å²) < 4.78 is 6.16. The summed E-state index contributed by atoms with van der Waals surface area (Å²) in [6.07, 6.45) is 13.8. The molecule has 1 aliphatic rings. The Morgan fingerprint density at radius 2 is 1.74 bits per heavy atom. The van der Waals surface area contributed by atoms with Gasteiger partial charge in [0.15, 0.2) is 0 Å². The minimum Gasteiger partial charge on any atom is -0.377 e. The van der Waals surface area contributed by atoms with Gasteiger partial charge in [0, 0.05) is 12.6 Å². The highest BCUT2D eigenvalue weighted by atomic mass is 16.5. The van der Waals surface area contributed by atoms with Crippen molar-refractivity contribution in [2.24, 2.45) is 5.92 Å². The summed E-state index contributed by atoms with van der Waals surface area (Å²) in [5, 5.41) is 3.44. The van der Waals surface area contributed by atoms with Crippen LogP contribution in [0.25, 0.3) is 0 Å². The third kappa shape index (κ3) is 6.76. The molecule has 19 heavy (non-hydrogen) atoms. The first kappa shape index (κ1) is 17.0. The lowest BCUT2D eigenvalue weighted by molar-refractivity contribution is -0.0101. The molecule has 0 saturated heterocycles. The molecule has 1 aliphatic carbocycles. The van der Waals surface area contributed by atoms with E-state index in [1.807, 2.05) is 0 Å². The lowest BCUT2D eigenvalue weighted by Crippen LogP contribution is -2.44. The molecule has 1 N–H and O–H groups in total. The Kier molecular flexibility index (Phi) is 9.54. The van der Waals surface area contributed by atoms with Crippen LogP contribution >= 0.6 is 0 Å². The van der Waals surface area contributed by atoms with E-state index in [1.54, 1.807) is 0 Å². The summed E-state index contributed by atoms with van der Waals surface area (Å²) in [5.41, 5.74) is 0. The quantitative estimate of drug-likeness (QED) is 0.588. The van der Waals surface area contributed by atoms with E-state index in [9.17, 15) is 0 Å². The Hall–Kier alpha value is -0.0800. The monoisotopic (exact) mass is 269 g/mol. The van der Waals surface area contributed by atoms with Gasteiger partial charge in [-0.05, 0) is 38.6 Å². The number of ether oxygens (including phenoxy) is 1.